The van der Waals surface area contributed by atoms with E-state index >= 15 is 0 Å². The Kier molecular flexibility index (Phi) is 31.7. The van der Waals surface area contributed by atoms with E-state index in [2.05, 4.69) is 43.0 Å². The predicted octanol–water partition coefficient (Wildman–Crippen LogP) is 2.43. The lowest BCUT2D eigenvalue weighted by Crippen LogP contribution is -2.55. The van der Waals surface area contributed by atoms with Gasteiger partial charge in [0.2, 0.25) is 17.7 Å². The molecule has 2 fully saturated rings. The van der Waals surface area contributed by atoms with Crippen molar-refractivity contribution in [2.45, 2.75) is 52.4 Å². The third-order valence-corrected chi connectivity index (χ3v) is 14.1. The third kappa shape index (κ3) is 25.5. The second-order valence-corrected chi connectivity index (χ2v) is 20.5. The van der Waals surface area contributed by atoms with E-state index in [1.165, 1.54) is 11.0 Å². The Morgan fingerprint density at radius 1 is 0.628 bits per heavy atom. The van der Waals surface area contributed by atoms with Gasteiger partial charge in [-0.15, -0.1) is 0 Å². The molecule has 3 aromatic rings. The van der Waals surface area contributed by atoms with Crippen molar-refractivity contribution >= 4 is 35.4 Å². The van der Waals surface area contributed by atoms with Gasteiger partial charge in [-0.05, 0) is 74.7 Å². The van der Waals surface area contributed by atoms with E-state index in [0.717, 1.165) is 41.4 Å². The number of alkyl halides is 3. The molecule has 1 atom stereocenters. The van der Waals surface area contributed by atoms with Gasteiger partial charge in [-0.25, -0.2) is 9.97 Å². The van der Waals surface area contributed by atoms with Crippen LogP contribution in [-0.2, 0) is 50.8 Å². The summed E-state index contributed by atoms with van der Waals surface area (Å²) in [5.74, 6) is -3.73. The van der Waals surface area contributed by atoms with Gasteiger partial charge < -0.3 is 69.5 Å². The van der Waals surface area contributed by atoms with Gasteiger partial charge in [0.1, 0.15) is 0 Å². The molecule has 0 bridgehead atoms. The maximum Gasteiger partial charge on any atom is 0.434 e. The summed E-state index contributed by atoms with van der Waals surface area (Å²) in [5.41, 5.74) is 1.98. The summed E-state index contributed by atoms with van der Waals surface area (Å²) in [4.78, 5) is 80.0. The van der Waals surface area contributed by atoms with E-state index in [1.807, 2.05) is 36.9 Å². The fraction of sp³-hybridized carbons (Fsp3) is 0.638. The van der Waals surface area contributed by atoms with Crippen molar-refractivity contribution in [2.24, 2.45) is 0 Å². The van der Waals surface area contributed by atoms with Crippen molar-refractivity contribution in [3.05, 3.63) is 65.5 Å². The van der Waals surface area contributed by atoms with Crippen molar-refractivity contribution in [1.82, 2.24) is 50.4 Å². The van der Waals surface area contributed by atoms with Crippen molar-refractivity contribution in [3.8, 4) is 22.9 Å². The van der Waals surface area contributed by atoms with Crippen LogP contribution in [-0.4, -0.2) is 276 Å². The number of benzene rings is 1. The lowest BCUT2D eigenvalue weighted by atomic mass is 9.99. The standard InChI is InChI=1S/C58H88F3N11O14/c1-4-46-39-71(57(80)48-11-13-51(85-5-2)66-55(48)58(59,60)61)27-28-72(46)49-12-10-44(47-9-7-15-65-56(47)86-6-3)37-45(49)38-63-17-16-62-14-8-29-81-31-33-83-35-36-84-34-32-82-30-18-64-50(73)40-67-19-21-68(41-52(74)75)23-25-70(43-54(78)79)26-24-69(22-20-67)42-53(76)77/h7,9-13,15,37,46,62-63H,4-6,8,14,16-36,38-43H2,1-3H3,(H,64,73)(H,74,75)(H,76,77)(H,78,79)/t46-/m1/s1. The predicted molar refractivity (Wildman–Crippen MR) is 313 cm³/mol. The first-order chi connectivity index (χ1) is 41.5. The number of anilines is 1. The van der Waals surface area contributed by atoms with E-state index in [-0.39, 0.29) is 103 Å². The van der Waals surface area contributed by atoms with Gasteiger partial charge in [-0.3, -0.25) is 43.6 Å². The first kappa shape index (κ1) is 70.4. The first-order valence-corrected chi connectivity index (χ1v) is 29.5. The molecule has 0 aliphatic carbocycles. The highest BCUT2D eigenvalue weighted by Gasteiger charge is 2.40. The number of carboxylic acids is 3. The van der Waals surface area contributed by atoms with Crippen LogP contribution in [0, 0.1) is 0 Å². The topological polar surface area (TPSA) is 283 Å². The molecule has 2 saturated heterocycles. The molecule has 2 aliphatic rings. The summed E-state index contributed by atoms with van der Waals surface area (Å²) < 4.78 is 76.2. The molecule has 5 rings (SSSR count). The second-order valence-electron chi connectivity index (χ2n) is 20.5. The van der Waals surface area contributed by atoms with Gasteiger partial charge in [-0.1, -0.05) is 13.0 Å². The molecular weight excluding hydrogens is 1130 g/mol. The summed E-state index contributed by atoms with van der Waals surface area (Å²) >= 11 is 0. The van der Waals surface area contributed by atoms with E-state index in [0.29, 0.717) is 118 Å². The molecule has 6 N–H and O–H groups in total. The van der Waals surface area contributed by atoms with Crippen molar-refractivity contribution in [3.63, 3.8) is 0 Å². The Balaban J connectivity index is 0.940. The normalized spacial score (nSPS) is 16.3. The summed E-state index contributed by atoms with van der Waals surface area (Å²) in [6, 6.07) is 12.3. The van der Waals surface area contributed by atoms with Crippen LogP contribution in [0.5, 0.6) is 11.8 Å². The highest BCUT2D eigenvalue weighted by Crippen LogP contribution is 2.36. The number of carboxylic acid groups (broad SMARTS) is 3. The summed E-state index contributed by atoms with van der Waals surface area (Å²) in [6.07, 6.45) is -1.72. The molecule has 2 amide bonds. The number of amides is 2. The van der Waals surface area contributed by atoms with Crippen LogP contribution in [0.25, 0.3) is 11.1 Å². The zero-order valence-electron chi connectivity index (χ0n) is 49.9. The maximum absolute atomic E-state index is 14.2. The molecule has 2 aromatic heterocycles. The molecule has 25 nitrogen and oxygen atoms in total. The fourth-order valence-electron chi connectivity index (χ4n) is 9.86. The van der Waals surface area contributed by atoms with Gasteiger partial charge in [0.25, 0.3) is 5.91 Å². The zero-order chi connectivity index (χ0) is 62.1. The van der Waals surface area contributed by atoms with Crippen LogP contribution in [0.4, 0.5) is 18.9 Å². The molecule has 2 aliphatic heterocycles. The maximum atomic E-state index is 14.2. The van der Waals surface area contributed by atoms with Gasteiger partial charge in [0.15, 0.2) is 5.69 Å². The van der Waals surface area contributed by atoms with Crippen LogP contribution in [0.3, 0.4) is 0 Å². The van der Waals surface area contributed by atoms with Crippen LogP contribution in [0.2, 0.25) is 0 Å². The van der Waals surface area contributed by atoms with Gasteiger partial charge in [-0.2, -0.15) is 13.2 Å². The smallest absolute Gasteiger partial charge is 0.434 e. The quantitative estimate of drug-likeness (QED) is 0.0452. The Hall–Kier alpha value is -6.34. The number of ether oxygens (including phenoxy) is 6. The number of piperazine rings is 1. The van der Waals surface area contributed by atoms with Crippen LogP contribution < -0.4 is 30.3 Å². The number of nitrogens with zero attached hydrogens (tertiary/aromatic N) is 8. The highest BCUT2D eigenvalue weighted by atomic mass is 19.4. The molecule has 0 unspecified atom stereocenters. The molecule has 0 spiro atoms. The number of aliphatic carboxylic acids is 3. The molecule has 0 radical (unpaired) electrons. The Labute approximate surface area is 501 Å². The van der Waals surface area contributed by atoms with Crippen molar-refractivity contribution in [2.75, 3.05) is 195 Å². The monoisotopic (exact) mass is 1220 g/mol. The summed E-state index contributed by atoms with van der Waals surface area (Å²) in [6.45, 7) is 14.7. The summed E-state index contributed by atoms with van der Waals surface area (Å²) in [5, 5.41) is 38.1. The SMILES string of the molecule is CCOc1ccc(C(=O)N2CCN(c3ccc(-c4cccnc4OCC)cc3CNCCNCCCOCCOCCOCCOCCNC(=O)CN3CCN(CC(=O)O)CCN(CC(=O)O)CCN(CC(=O)O)CC3)[C@H](CC)C2)c(C(F)(F)F)n1. The molecule has 28 heteroatoms. The summed E-state index contributed by atoms with van der Waals surface area (Å²) in [7, 11) is 0. The molecule has 1 aromatic carbocycles. The average Bonchev–Trinajstić information content (AvgIpc) is 1.06. The Morgan fingerprint density at radius 2 is 1.19 bits per heavy atom. The number of carbonyl (C=O) groups excluding carboxylic acids is 2. The number of halogens is 3. The highest BCUT2D eigenvalue weighted by molar-refractivity contribution is 5.96. The average molecular weight is 1220 g/mol. The van der Waals surface area contributed by atoms with Crippen LogP contribution in [0.15, 0.2) is 48.7 Å². The number of aromatic nitrogens is 2. The fourth-order valence-corrected chi connectivity index (χ4v) is 9.86. The Bertz CT molecular complexity index is 2510. The molecule has 480 valence electrons. The number of rotatable bonds is 37. The van der Waals surface area contributed by atoms with E-state index in [9.17, 15) is 52.5 Å². The lowest BCUT2D eigenvalue weighted by Gasteiger charge is -2.43. The van der Waals surface area contributed by atoms with Crippen molar-refractivity contribution < 1.29 is 80.9 Å². The molecule has 4 heterocycles. The lowest BCUT2D eigenvalue weighted by molar-refractivity contribution is -0.142. The van der Waals surface area contributed by atoms with Gasteiger partial charge in [0.05, 0.1) is 91.2 Å². The largest absolute Gasteiger partial charge is 0.480 e. The molecule has 86 heavy (non-hydrogen) atoms. The minimum absolute atomic E-state index is 0.0128. The minimum Gasteiger partial charge on any atom is -0.480 e. The molecule has 0 saturated carbocycles. The van der Waals surface area contributed by atoms with Crippen LogP contribution in [0.1, 0.15) is 55.2 Å². The molecular formula is C58H88F3N11O14. The van der Waals surface area contributed by atoms with E-state index in [1.54, 1.807) is 27.8 Å². The number of nitrogens with one attached hydrogen (secondary N) is 3. The minimum atomic E-state index is -4.85. The van der Waals surface area contributed by atoms with Crippen LogP contribution >= 0.6 is 0 Å². The number of hydrogen-bond acceptors (Lipinski definition) is 20. The van der Waals surface area contributed by atoms with Gasteiger partial charge >= 0.3 is 24.1 Å². The third-order valence-electron chi connectivity index (χ3n) is 14.1. The van der Waals surface area contributed by atoms with E-state index in [4.69, 9.17) is 28.4 Å². The van der Waals surface area contributed by atoms with Crippen molar-refractivity contribution in [1.29, 1.82) is 0 Å². The van der Waals surface area contributed by atoms with Gasteiger partial charge in [0, 0.05) is 134 Å². The number of pyridine rings is 2. The van der Waals surface area contributed by atoms with E-state index < -0.39 is 41.2 Å². The first-order valence-electron chi connectivity index (χ1n) is 29.5. The zero-order valence-corrected chi connectivity index (χ0v) is 49.9. The Morgan fingerprint density at radius 3 is 1.74 bits per heavy atom. The number of hydrogen-bond donors (Lipinski definition) is 6. The number of carbonyl (C=O) groups is 5. The second kappa shape index (κ2) is 38.7.